The molecule has 0 saturated carbocycles. The largest absolute Gasteiger partial charge is 0.492 e. The number of nitrogens with one attached hydrogen (secondary N) is 1. The number of benzene rings is 1. The fraction of sp³-hybridized carbons (Fsp3) is 0.444. The Hall–Kier alpha value is -2.57. The summed E-state index contributed by atoms with van der Waals surface area (Å²) >= 11 is 0. The molecule has 0 radical (unpaired) electrons. The standard InChI is InChI=1S/C18H26FN5O/c1-4-20-18(21-9-10-24-14-15(2)13-22-24)23(3)11-12-25-17-7-5-16(19)6-8-17/h5-8,13-14H,4,9-12H2,1-3H3,(H,20,21). The second kappa shape index (κ2) is 9.66. The molecule has 0 aliphatic rings. The predicted octanol–water partition coefficient (Wildman–Crippen LogP) is 2.31. The van der Waals surface area contributed by atoms with Gasteiger partial charge in [-0.1, -0.05) is 0 Å². The van der Waals surface area contributed by atoms with Crippen molar-refractivity contribution in [3.05, 3.63) is 48.0 Å². The third-order valence-corrected chi connectivity index (χ3v) is 3.56. The average molecular weight is 347 g/mol. The van der Waals surface area contributed by atoms with Crippen LogP contribution in [0.5, 0.6) is 5.75 Å². The van der Waals surface area contributed by atoms with Crippen LogP contribution >= 0.6 is 0 Å². The smallest absolute Gasteiger partial charge is 0.193 e. The number of rotatable bonds is 8. The van der Waals surface area contributed by atoms with Crippen LogP contribution in [0.4, 0.5) is 4.39 Å². The molecule has 2 rings (SSSR count). The summed E-state index contributed by atoms with van der Waals surface area (Å²) in [5.41, 5.74) is 1.14. The quantitative estimate of drug-likeness (QED) is 0.588. The van der Waals surface area contributed by atoms with Gasteiger partial charge >= 0.3 is 0 Å². The Morgan fingerprint density at radius 3 is 2.76 bits per heavy atom. The SMILES string of the molecule is CCNC(=NCCn1cc(C)cn1)N(C)CCOc1ccc(F)cc1. The van der Waals surface area contributed by atoms with Crippen LogP contribution in [0.3, 0.4) is 0 Å². The number of aromatic nitrogens is 2. The number of aliphatic imine (C=N–C) groups is 1. The zero-order valence-electron chi connectivity index (χ0n) is 15.1. The molecule has 0 atom stereocenters. The van der Waals surface area contributed by atoms with Gasteiger partial charge in [-0.25, -0.2) is 4.39 Å². The van der Waals surface area contributed by atoms with Crippen LogP contribution < -0.4 is 10.1 Å². The fourth-order valence-corrected chi connectivity index (χ4v) is 2.25. The van der Waals surface area contributed by atoms with Gasteiger partial charge in [-0.3, -0.25) is 9.67 Å². The topological polar surface area (TPSA) is 54.7 Å². The van der Waals surface area contributed by atoms with E-state index in [-0.39, 0.29) is 5.82 Å². The van der Waals surface area contributed by atoms with Crippen molar-refractivity contribution in [2.75, 3.05) is 33.3 Å². The Bertz CT molecular complexity index is 668. The van der Waals surface area contributed by atoms with Crippen LogP contribution in [-0.2, 0) is 6.54 Å². The monoisotopic (exact) mass is 347 g/mol. The first kappa shape index (κ1) is 18.8. The van der Waals surface area contributed by atoms with Crippen molar-refractivity contribution in [3.63, 3.8) is 0 Å². The molecule has 0 aliphatic carbocycles. The summed E-state index contributed by atoms with van der Waals surface area (Å²) in [7, 11) is 1.97. The van der Waals surface area contributed by atoms with Crippen molar-refractivity contribution >= 4 is 5.96 Å². The molecule has 7 heteroatoms. The second-order valence-electron chi connectivity index (χ2n) is 5.74. The van der Waals surface area contributed by atoms with Crippen molar-refractivity contribution in [3.8, 4) is 5.75 Å². The molecule has 0 amide bonds. The van der Waals surface area contributed by atoms with E-state index in [4.69, 9.17) is 4.74 Å². The van der Waals surface area contributed by atoms with E-state index in [2.05, 4.69) is 15.4 Å². The molecule has 0 bridgehead atoms. The van der Waals surface area contributed by atoms with Crippen molar-refractivity contribution in [1.82, 2.24) is 20.0 Å². The maximum Gasteiger partial charge on any atom is 0.193 e. The number of guanidine groups is 1. The minimum atomic E-state index is -0.265. The highest BCUT2D eigenvalue weighted by Gasteiger charge is 2.06. The minimum Gasteiger partial charge on any atom is -0.492 e. The molecule has 6 nitrogen and oxygen atoms in total. The van der Waals surface area contributed by atoms with Gasteiger partial charge in [0, 0.05) is 19.8 Å². The highest BCUT2D eigenvalue weighted by atomic mass is 19.1. The van der Waals surface area contributed by atoms with E-state index in [1.165, 1.54) is 12.1 Å². The van der Waals surface area contributed by atoms with Crippen molar-refractivity contribution in [2.24, 2.45) is 4.99 Å². The fourth-order valence-electron chi connectivity index (χ4n) is 2.25. The van der Waals surface area contributed by atoms with Crippen molar-refractivity contribution in [1.29, 1.82) is 0 Å². The first-order valence-corrected chi connectivity index (χ1v) is 8.45. The molecule has 0 fully saturated rings. The highest BCUT2D eigenvalue weighted by Crippen LogP contribution is 2.10. The average Bonchev–Trinajstić information content (AvgIpc) is 3.01. The van der Waals surface area contributed by atoms with Gasteiger partial charge in [-0.05, 0) is 43.7 Å². The third kappa shape index (κ3) is 6.45. The van der Waals surface area contributed by atoms with Gasteiger partial charge < -0.3 is 15.0 Å². The van der Waals surface area contributed by atoms with E-state index in [0.717, 1.165) is 24.6 Å². The molecule has 0 unspecified atom stereocenters. The number of hydrogen-bond acceptors (Lipinski definition) is 3. The van der Waals surface area contributed by atoms with Crippen LogP contribution in [0, 0.1) is 12.7 Å². The molecule has 0 saturated heterocycles. The predicted molar refractivity (Wildman–Crippen MR) is 97.5 cm³/mol. The zero-order chi connectivity index (χ0) is 18.1. The summed E-state index contributed by atoms with van der Waals surface area (Å²) < 4.78 is 20.4. The summed E-state index contributed by atoms with van der Waals surface area (Å²) in [6, 6.07) is 6.03. The van der Waals surface area contributed by atoms with Gasteiger partial charge in [0.05, 0.1) is 25.8 Å². The first-order chi connectivity index (χ1) is 12.1. The molecule has 0 spiro atoms. The Morgan fingerprint density at radius 2 is 2.12 bits per heavy atom. The van der Waals surface area contributed by atoms with E-state index in [9.17, 15) is 4.39 Å². The number of likely N-dealkylation sites (N-methyl/N-ethyl adjacent to an activating group) is 1. The Labute approximate surface area is 148 Å². The summed E-state index contributed by atoms with van der Waals surface area (Å²) in [6.45, 7) is 7.40. The highest BCUT2D eigenvalue weighted by molar-refractivity contribution is 5.79. The van der Waals surface area contributed by atoms with Gasteiger partial charge in [0.15, 0.2) is 5.96 Å². The first-order valence-electron chi connectivity index (χ1n) is 8.45. The lowest BCUT2D eigenvalue weighted by molar-refractivity contribution is 0.281. The molecular formula is C18H26FN5O. The van der Waals surface area contributed by atoms with E-state index in [0.29, 0.717) is 25.4 Å². The number of hydrogen-bond donors (Lipinski definition) is 1. The van der Waals surface area contributed by atoms with Gasteiger partial charge in [0.25, 0.3) is 0 Å². The van der Waals surface area contributed by atoms with E-state index >= 15 is 0 Å². The Kier molecular flexibility index (Phi) is 7.25. The Balaban J connectivity index is 1.80. The maximum absolute atomic E-state index is 12.9. The molecule has 1 aromatic heterocycles. The van der Waals surface area contributed by atoms with Crippen LogP contribution in [0.25, 0.3) is 0 Å². The van der Waals surface area contributed by atoms with Crippen LogP contribution in [0.2, 0.25) is 0 Å². The molecule has 1 heterocycles. The van der Waals surface area contributed by atoms with Gasteiger partial charge in [-0.2, -0.15) is 5.10 Å². The lowest BCUT2D eigenvalue weighted by Crippen LogP contribution is -2.41. The summed E-state index contributed by atoms with van der Waals surface area (Å²) in [4.78, 5) is 6.64. The summed E-state index contributed by atoms with van der Waals surface area (Å²) in [5.74, 6) is 1.22. The molecule has 136 valence electrons. The molecular weight excluding hydrogens is 321 g/mol. The van der Waals surface area contributed by atoms with E-state index in [1.54, 1.807) is 12.1 Å². The zero-order valence-corrected chi connectivity index (χ0v) is 15.1. The summed E-state index contributed by atoms with van der Waals surface area (Å²) in [5, 5.41) is 7.53. The second-order valence-corrected chi connectivity index (χ2v) is 5.74. The van der Waals surface area contributed by atoms with Gasteiger partial charge in [-0.15, -0.1) is 0 Å². The lowest BCUT2D eigenvalue weighted by Gasteiger charge is -2.22. The van der Waals surface area contributed by atoms with Crippen molar-refractivity contribution < 1.29 is 9.13 Å². The van der Waals surface area contributed by atoms with Crippen LogP contribution in [-0.4, -0.2) is 53.9 Å². The van der Waals surface area contributed by atoms with Gasteiger partial charge in [0.1, 0.15) is 18.2 Å². The normalized spacial score (nSPS) is 11.4. The van der Waals surface area contributed by atoms with E-state index in [1.807, 2.05) is 42.9 Å². The summed E-state index contributed by atoms with van der Waals surface area (Å²) in [6.07, 6.45) is 3.84. The number of ether oxygens (including phenoxy) is 1. The van der Waals surface area contributed by atoms with Crippen LogP contribution in [0.1, 0.15) is 12.5 Å². The number of nitrogens with zero attached hydrogens (tertiary/aromatic N) is 4. The number of aryl methyl sites for hydroxylation is 1. The van der Waals surface area contributed by atoms with Gasteiger partial charge in [0.2, 0.25) is 0 Å². The molecule has 0 aliphatic heterocycles. The maximum atomic E-state index is 12.9. The van der Waals surface area contributed by atoms with Crippen LogP contribution in [0.15, 0.2) is 41.7 Å². The molecule has 2 aromatic rings. The Morgan fingerprint density at radius 1 is 1.36 bits per heavy atom. The third-order valence-electron chi connectivity index (χ3n) is 3.56. The lowest BCUT2D eigenvalue weighted by atomic mass is 10.3. The number of halogens is 1. The van der Waals surface area contributed by atoms with Crippen molar-refractivity contribution in [2.45, 2.75) is 20.4 Å². The molecule has 1 N–H and O–H groups in total. The minimum absolute atomic E-state index is 0.265. The molecule has 1 aromatic carbocycles. The van der Waals surface area contributed by atoms with E-state index < -0.39 is 0 Å². The molecule has 25 heavy (non-hydrogen) atoms.